The van der Waals surface area contributed by atoms with Crippen LogP contribution in [0.5, 0.6) is 0 Å². The van der Waals surface area contributed by atoms with E-state index in [-0.39, 0.29) is 19.2 Å². The van der Waals surface area contributed by atoms with Crippen molar-refractivity contribution in [1.29, 1.82) is 0 Å². The fourth-order valence-corrected chi connectivity index (χ4v) is 1.94. The molecule has 0 spiro atoms. The Labute approximate surface area is 113 Å². The summed E-state index contributed by atoms with van der Waals surface area (Å²) >= 11 is 0. The van der Waals surface area contributed by atoms with E-state index in [2.05, 4.69) is 10.6 Å². The van der Waals surface area contributed by atoms with E-state index in [1.165, 1.54) is 0 Å². The second-order valence-electron chi connectivity index (χ2n) is 5.12. The third-order valence-electron chi connectivity index (χ3n) is 3.51. The highest BCUT2D eigenvalue weighted by Crippen LogP contribution is 2.28. The lowest BCUT2D eigenvalue weighted by molar-refractivity contribution is -0.148. The normalized spacial score (nSPS) is 26.2. The van der Waals surface area contributed by atoms with Crippen LogP contribution in [0.2, 0.25) is 0 Å². The lowest BCUT2D eigenvalue weighted by atomic mass is 9.85. The van der Waals surface area contributed by atoms with Crippen molar-refractivity contribution in [3.05, 3.63) is 0 Å². The summed E-state index contributed by atoms with van der Waals surface area (Å²) in [6.07, 6.45) is 0.845. The quantitative estimate of drug-likeness (QED) is 0.579. The van der Waals surface area contributed by atoms with Crippen LogP contribution in [-0.2, 0) is 9.53 Å². The predicted octanol–water partition coefficient (Wildman–Crippen LogP) is -0.273. The van der Waals surface area contributed by atoms with Crippen molar-refractivity contribution in [3.63, 3.8) is 0 Å². The molecule has 2 amide bonds. The second kappa shape index (κ2) is 6.72. The summed E-state index contributed by atoms with van der Waals surface area (Å²) in [5.74, 6) is -0.951. The molecule has 1 aliphatic heterocycles. The van der Waals surface area contributed by atoms with Crippen molar-refractivity contribution in [2.45, 2.75) is 19.4 Å². The Morgan fingerprint density at radius 3 is 2.79 bits per heavy atom. The molecule has 2 unspecified atom stereocenters. The van der Waals surface area contributed by atoms with Gasteiger partial charge in [-0.05, 0) is 26.9 Å². The van der Waals surface area contributed by atoms with Crippen LogP contribution in [0.1, 0.15) is 13.3 Å². The first-order chi connectivity index (χ1) is 8.91. The largest absolute Gasteiger partial charge is 0.481 e. The number of amides is 2. The Bertz CT molecular complexity index is 337. The van der Waals surface area contributed by atoms with E-state index >= 15 is 0 Å². The van der Waals surface area contributed by atoms with Gasteiger partial charge in [0.15, 0.2) is 0 Å². The van der Waals surface area contributed by atoms with Crippen LogP contribution in [-0.4, -0.2) is 68.4 Å². The number of hydrogen-bond acceptors (Lipinski definition) is 4. The molecule has 7 heteroatoms. The molecule has 110 valence electrons. The maximum atomic E-state index is 11.9. The lowest BCUT2D eigenvalue weighted by Crippen LogP contribution is -2.52. The van der Waals surface area contributed by atoms with Gasteiger partial charge >= 0.3 is 12.0 Å². The Morgan fingerprint density at radius 2 is 2.21 bits per heavy atom. The maximum absolute atomic E-state index is 11.9. The molecule has 0 aromatic rings. The van der Waals surface area contributed by atoms with Crippen molar-refractivity contribution in [2.24, 2.45) is 5.41 Å². The molecule has 19 heavy (non-hydrogen) atoms. The molecule has 0 aromatic carbocycles. The molecule has 0 radical (unpaired) electrons. The Kier molecular flexibility index (Phi) is 5.56. The summed E-state index contributed by atoms with van der Waals surface area (Å²) < 4.78 is 5.19. The van der Waals surface area contributed by atoms with Gasteiger partial charge in [0.2, 0.25) is 0 Å². The van der Waals surface area contributed by atoms with Gasteiger partial charge < -0.3 is 25.4 Å². The van der Waals surface area contributed by atoms with Crippen LogP contribution in [0.25, 0.3) is 0 Å². The molecule has 1 saturated heterocycles. The van der Waals surface area contributed by atoms with E-state index in [9.17, 15) is 14.7 Å². The van der Waals surface area contributed by atoms with E-state index in [1.54, 1.807) is 18.9 Å². The summed E-state index contributed by atoms with van der Waals surface area (Å²) in [4.78, 5) is 24.7. The summed E-state index contributed by atoms with van der Waals surface area (Å²) in [6.45, 7) is 3.39. The molecule has 1 fully saturated rings. The van der Waals surface area contributed by atoms with Crippen molar-refractivity contribution in [2.75, 3.05) is 40.4 Å². The first kappa shape index (κ1) is 15.7. The predicted molar refractivity (Wildman–Crippen MR) is 70.1 cm³/mol. The minimum Gasteiger partial charge on any atom is -0.481 e. The van der Waals surface area contributed by atoms with Gasteiger partial charge in [-0.2, -0.15) is 0 Å². The summed E-state index contributed by atoms with van der Waals surface area (Å²) in [5.41, 5.74) is -1.05. The van der Waals surface area contributed by atoms with Gasteiger partial charge in [-0.3, -0.25) is 4.79 Å². The average molecular weight is 273 g/mol. The number of carbonyl (C=O) groups excluding carboxylic acids is 1. The highest BCUT2D eigenvalue weighted by Gasteiger charge is 2.47. The number of carboxylic acids is 1. The number of hydrogen-bond donors (Lipinski definition) is 3. The van der Waals surface area contributed by atoms with E-state index in [4.69, 9.17) is 4.74 Å². The van der Waals surface area contributed by atoms with E-state index in [0.717, 1.165) is 13.0 Å². The topological polar surface area (TPSA) is 90.9 Å². The Morgan fingerprint density at radius 1 is 1.53 bits per heavy atom. The molecule has 0 aromatic heterocycles. The van der Waals surface area contributed by atoms with Crippen LogP contribution in [0.15, 0.2) is 0 Å². The molecule has 7 nitrogen and oxygen atoms in total. The highest BCUT2D eigenvalue weighted by molar-refractivity contribution is 5.79. The van der Waals surface area contributed by atoms with Crippen molar-refractivity contribution in [3.8, 4) is 0 Å². The number of carbonyl (C=O) groups is 2. The van der Waals surface area contributed by atoms with E-state index < -0.39 is 17.4 Å². The minimum absolute atomic E-state index is 0.122. The van der Waals surface area contributed by atoms with E-state index in [1.807, 2.05) is 7.05 Å². The summed E-state index contributed by atoms with van der Waals surface area (Å²) in [5, 5.41) is 15.0. The van der Waals surface area contributed by atoms with Gasteiger partial charge in [-0.25, -0.2) is 4.79 Å². The summed E-state index contributed by atoms with van der Waals surface area (Å²) in [7, 11) is 3.55. The average Bonchev–Trinajstić information content (AvgIpc) is 2.72. The van der Waals surface area contributed by atoms with Crippen LogP contribution < -0.4 is 10.6 Å². The van der Waals surface area contributed by atoms with Crippen molar-refractivity contribution >= 4 is 12.0 Å². The Hall–Kier alpha value is -1.34. The first-order valence-corrected chi connectivity index (χ1v) is 6.39. The van der Waals surface area contributed by atoms with Gasteiger partial charge in [0.05, 0.1) is 19.3 Å². The van der Waals surface area contributed by atoms with Gasteiger partial charge in [-0.1, -0.05) is 0 Å². The molecule has 1 heterocycles. The zero-order chi connectivity index (χ0) is 14.5. The standard InChI is InChI=1S/C12H23N3O4/c1-12(10(16)17)8-19-7-9(12)14-11(18)15(3)6-4-5-13-2/h9,13H,4-8H2,1-3H3,(H,14,18)(H,16,17). The first-order valence-electron chi connectivity index (χ1n) is 6.39. The molecule has 1 rings (SSSR count). The lowest BCUT2D eigenvalue weighted by Gasteiger charge is -2.27. The van der Waals surface area contributed by atoms with Crippen LogP contribution in [0.3, 0.4) is 0 Å². The zero-order valence-corrected chi connectivity index (χ0v) is 11.7. The molecule has 3 N–H and O–H groups in total. The fraction of sp³-hybridized carbons (Fsp3) is 0.833. The summed E-state index contributed by atoms with van der Waals surface area (Å²) in [6, 6.07) is -0.761. The third-order valence-corrected chi connectivity index (χ3v) is 3.51. The molecule has 0 aliphatic carbocycles. The van der Waals surface area contributed by atoms with Gasteiger partial charge in [0.25, 0.3) is 0 Å². The van der Waals surface area contributed by atoms with Crippen molar-refractivity contribution < 1.29 is 19.4 Å². The number of nitrogens with one attached hydrogen (secondary N) is 2. The number of carboxylic acid groups (broad SMARTS) is 1. The second-order valence-corrected chi connectivity index (χ2v) is 5.12. The van der Waals surface area contributed by atoms with Crippen LogP contribution >= 0.6 is 0 Å². The molecular formula is C12H23N3O4. The Balaban J connectivity index is 2.49. The fourth-order valence-electron chi connectivity index (χ4n) is 1.94. The number of rotatable bonds is 6. The number of urea groups is 1. The molecule has 2 atom stereocenters. The monoisotopic (exact) mass is 273 g/mol. The van der Waals surface area contributed by atoms with Gasteiger partial charge in [0.1, 0.15) is 5.41 Å². The molecule has 1 aliphatic rings. The number of aliphatic carboxylic acids is 1. The SMILES string of the molecule is CNCCCN(C)C(=O)NC1COCC1(C)C(=O)O. The zero-order valence-electron chi connectivity index (χ0n) is 11.7. The third kappa shape index (κ3) is 3.81. The maximum Gasteiger partial charge on any atom is 0.317 e. The van der Waals surface area contributed by atoms with Crippen LogP contribution in [0.4, 0.5) is 4.79 Å². The molecule has 0 saturated carbocycles. The van der Waals surface area contributed by atoms with Gasteiger partial charge in [-0.15, -0.1) is 0 Å². The van der Waals surface area contributed by atoms with Crippen molar-refractivity contribution in [1.82, 2.24) is 15.5 Å². The highest BCUT2D eigenvalue weighted by atomic mass is 16.5. The molecule has 0 bridgehead atoms. The number of ether oxygens (including phenoxy) is 1. The molecular weight excluding hydrogens is 250 g/mol. The van der Waals surface area contributed by atoms with Gasteiger partial charge in [0, 0.05) is 13.6 Å². The number of nitrogens with zero attached hydrogens (tertiary/aromatic N) is 1. The van der Waals surface area contributed by atoms with E-state index in [0.29, 0.717) is 6.54 Å². The minimum atomic E-state index is -1.05. The van der Waals surface area contributed by atoms with Crippen LogP contribution in [0, 0.1) is 5.41 Å². The smallest absolute Gasteiger partial charge is 0.317 e.